The number of hydrogen-bond donors (Lipinski definition) is 0. The van der Waals surface area contributed by atoms with Gasteiger partial charge in [-0.05, 0) is 42.1 Å². The van der Waals surface area contributed by atoms with Gasteiger partial charge in [0.05, 0.1) is 19.3 Å². The van der Waals surface area contributed by atoms with Gasteiger partial charge in [-0.15, -0.1) is 0 Å². The van der Waals surface area contributed by atoms with Crippen molar-refractivity contribution < 1.29 is 9.47 Å². The third kappa shape index (κ3) is 13.6. The summed E-state index contributed by atoms with van der Waals surface area (Å²) in [6, 6.07) is 10.5. The predicted octanol–water partition coefficient (Wildman–Crippen LogP) is 8.97. The van der Waals surface area contributed by atoms with Gasteiger partial charge in [0.1, 0.15) is 0 Å². The molecule has 0 saturated heterocycles. The summed E-state index contributed by atoms with van der Waals surface area (Å²) < 4.78 is 12.2. The second-order valence-corrected chi connectivity index (χ2v) is 11.4. The monoisotopic (exact) mass is 444 g/mol. The van der Waals surface area contributed by atoms with E-state index < -0.39 is 0 Å². The summed E-state index contributed by atoms with van der Waals surface area (Å²) >= 11 is 0. The van der Waals surface area contributed by atoms with E-state index in [2.05, 4.69) is 58.0 Å². The van der Waals surface area contributed by atoms with Crippen LogP contribution >= 0.6 is 0 Å². The molecular formula is C30H52O2. The minimum absolute atomic E-state index is 0.170. The second kappa shape index (κ2) is 15.9. The van der Waals surface area contributed by atoms with Gasteiger partial charge < -0.3 is 9.47 Å². The smallest absolute Gasteiger partial charge is 0.0818 e. The number of benzene rings is 1. The second-order valence-electron chi connectivity index (χ2n) is 11.4. The number of hydrogen-bond acceptors (Lipinski definition) is 2. The first kappa shape index (κ1) is 27.4. The van der Waals surface area contributed by atoms with Crippen molar-refractivity contribution in [3.05, 3.63) is 35.9 Å². The van der Waals surface area contributed by atoms with Crippen molar-refractivity contribution in [2.75, 3.05) is 13.2 Å². The summed E-state index contributed by atoms with van der Waals surface area (Å²) in [4.78, 5) is 0. The lowest BCUT2D eigenvalue weighted by atomic mass is 9.89. The Morgan fingerprint density at radius 1 is 0.844 bits per heavy atom. The van der Waals surface area contributed by atoms with Crippen molar-refractivity contribution in [2.45, 2.75) is 124 Å². The zero-order chi connectivity index (χ0) is 23.1. The van der Waals surface area contributed by atoms with Crippen LogP contribution in [-0.2, 0) is 16.1 Å². The van der Waals surface area contributed by atoms with Crippen LogP contribution in [0.1, 0.15) is 117 Å². The van der Waals surface area contributed by atoms with Crippen molar-refractivity contribution in [2.24, 2.45) is 17.3 Å². The van der Waals surface area contributed by atoms with E-state index in [9.17, 15) is 0 Å². The average Bonchev–Trinajstić information content (AvgIpc) is 3.51. The minimum Gasteiger partial charge on any atom is -0.379 e. The third-order valence-corrected chi connectivity index (χ3v) is 6.83. The molecule has 184 valence electrons. The summed E-state index contributed by atoms with van der Waals surface area (Å²) in [5, 5.41) is 0. The number of ether oxygens (including phenoxy) is 2. The van der Waals surface area contributed by atoms with Gasteiger partial charge in [-0.1, -0.05) is 122 Å². The molecule has 1 aliphatic rings. The summed E-state index contributed by atoms with van der Waals surface area (Å²) in [5.74, 6) is 2.15. The van der Waals surface area contributed by atoms with Gasteiger partial charge in [0.25, 0.3) is 0 Å². The summed E-state index contributed by atoms with van der Waals surface area (Å²) in [6.07, 6.45) is 18.2. The quantitative estimate of drug-likeness (QED) is 0.198. The minimum atomic E-state index is 0.170. The molecule has 2 rings (SSSR count). The summed E-state index contributed by atoms with van der Waals surface area (Å²) in [6.45, 7) is 11.4. The van der Waals surface area contributed by atoms with Crippen LogP contribution in [0.3, 0.4) is 0 Å². The Balaban J connectivity index is 1.46. The van der Waals surface area contributed by atoms with Gasteiger partial charge in [0.15, 0.2) is 0 Å². The molecule has 0 spiro atoms. The van der Waals surface area contributed by atoms with Gasteiger partial charge in [-0.2, -0.15) is 0 Å². The van der Waals surface area contributed by atoms with E-state index in [1.165, 1.54) is 82.6 Å². The Labute approximate surface area is 199 Å². The molecule has 0 aliphatic heterocycles. The van der Waals surface area contributed by atoms with E-state index in [1.807, 2.05) is 0 Å². The largest absolute Gasteiger partial charge is 0.379 e. The molecule has 2 nitrogen and oxygen atoms in total. The molecule has 32 heavy (non-hydrogen) atoms. The topological polar surface area (TPSA) is 18.5 Å². The van der Waals surface area contributed by atoms with E-state index in [0.717, 1.165) is 24.9 Å². The Kier molecular flexibility index (Phi) is 13.6. The Hall–Kier alpha value is -0.860. The molecule has 1 aromatic carbocycles. The molecule has 0 amide bonds. The highest BCUT2D eigenvalue weighted by Crippen LogP contribution is 2.45. The fourth-order valence-corrected chi connectivity index (χ4v) is 4.84. The Morgan fingerprint density at radius 2 is 1.47 bits per heavy atom. The standard InChI is InChI=1S/C30H52O2/c1-5-6-7-8-14-19-27-22-28(27)20-15-9-10-16-21-31-25-29(23-30(2,3)4)32-24-26-17-12-11-13-18-26/h11-13,17-18,27-29H,5-10,14-16,19-25H2,1-4H3. The summed E-state index contributed by atoms with van der Waals surface area (Å²) in [7, 11) is 0. The van der Waals surface area contributed by atoms with E-state index >= 15 is 0 Å². The fourth-order valence-electron chi connectivity index (χ4n) is 4.84. The zero-order valence-electron chi connectivity index (χ0n) is 21.7. The van der Waals surface area contributed by atoms with Crippen LogP contribution in [0.2, 0.25) is 0 Å². The van der Waals surface area contributed by atoms with Crippen LogP contribution < -0.4 is 0 Å². The molecule has 1 fully saturated rings. The van der Waals surface area contributed by atoms with Gasteiger partial charge >= 0.3 is 0 Å². The maximum Gasteiger partial charge on any atom is 0.0818 e. The predicted molar refractivity (Wildman–Crippen MR) is 138 cm³/mol. The third-order valence-electron chi connectivity index (χ3n) is 6.83. The lowest BCUT2D eigenvalue weighted by molar-refractivity contribution is -0.0430. The molecule has 2 heteroatoms. The summed E-state index contributed by atoms with van der Waals surface area (Å²) in [5.41, 5.74) is 1.49. The zero-order valence-corrected chi connectivity index (χ0v) is 21.7. The first-order valence-electron chi connectivity index (χ1n) is 13.7. The SMILES string of the molecule is CCCCCCCC1CC1CCCCCCOCC(CC(C)(C)C)OCc1ccccc1. The van der Waals surface area contributed by atoms with Crippen LogP contribution in [0.25, 0.3) is 0 Å². The Morgan fingerprint density at radius 3 is 2.09 bits per heavy atom. The molecule has 0 radical (unpaired) electrons. The van der Waals surface area contributed by atoms with Gasteiger partial charge in [-0.25, -0.2) is 0 Å². The molecule has 3 unspecified atom stereocenters. The average molecular weight is 445 g/mol. The van der Waals surface area contributed by atoms with Crippen LogP contribution in [0, 0.1) is 17.3 Å². The van der Waals surface area contributed by atoms with Gasteiger partial charge in [-0.3, -0.25) is 0 Å². The maximum absolute atomic E-state index is 6.21. The highest BCUT2D eigenvalue weighted by molar-refractivity contribution is 5.13. The molecule has 1 aliphatic carbocycles. The van der Waals surface area contributed by atoms with Crippen LogP contribution in [0.4, 0.5) is 0 Å². The van der Waals surface area contributed by atoms with Gasteiger partial charge in [0, 0.05) is 6.61 Å². The first-order valence-corrected chi connectivity index (χ1v) is 13.7. The highest BCUT2D eigenvalue weighted by Gasteiger charge is 2.34. The van der Waals surface area contributed by atoms with E-state index in [0.29, 0.717) is 13.2 Å². The van der Waals surface area contributed by atoms with Crippen molar-refractivity contribution in [3.8, 4) is 0 Å². The van der Waals surface area contributed by atoms with E-state index in [4.69, 9.17) is 9.47 Å². The van der Waals surface area contributed by atoms with Crippen LogP contribution in [0.15, 0.2) is 30.3 Å². The molecular weight excluding hydrogens is 392 g/mol. The fraction of sp³-hybridized carbons (Fsp3) is 0.800. The van der Waals surface area contributed by atoms with E-state index in [1.54, 1.807) is 0 Å². The molecule has 1 aromatic rings. The Bertz CT molecular complexity index is 562. The van der Waals surface area contributed by atoms with Crippen molar-refractivity contribution in [1.29, 1.82) is 0 Å². The first-order chi connectivity index (χ1) is 15.5. The van der Waals surface area contributed by atoms with Crippen LogP contribution in [0.5, 0.6) is 0 Å². The lowest BCUT2D eigenvalue weighted by Gasteiger charge is -2.26. The molecule has 3 atom stereocenters. The van der Waals surface area contributed by atoms with Crippen molar-refractivity contribution in [3.63, 3.8) is 0 Å². The van der Waals surface area contributed by atoms with Crippen LogP contribution in [-0.4, -0.2) is 19.3 Å². The molecule has 0 N–H and O–H groups in total. The molecule has 1 saturated carbocycles. The van der Waals surface area contributed by atoms with Crippen molar-refractivity contribution in [1.82, 2.24) is 0 Å². The molecule has 0 bridgehead atoms. The normalized spacial score (nSPS) is 19.2. The van der Waals surface area contributed by atoms with E-state index in [-0.39, 0.29) is 11.5 Å². The van der Waals surface area contributed by atoms with Gasteiger partial charge in [0.2, 0.25) is 0 Å². The number of unbranched alkanes of at least 4 members (excludes halogenated alkanes) is 7. The maximum atomic E-state index is 6.21. The van der Waals surface area contributed by atoms with Crippen molar-refractivity contribution >= 4 is 0 Å². The highest BCUT2D eigenvalue weighted by atomic mass is 16.5. The number of rotatable bonds is 19. The lowest BCUT2D eigenvalue weighted by Crippen LogP contribution is -2.26. The molecule has 0 heterocycles. The molecule has 0 aromatic heterocycles.